The van der Waals surface area contributed by atoms with Crippen molar-refractivity contribution in [2.75, 3.05) is 11.5 Å². The van der Waals surface area contributed by atoms with Crippen LogP contribution in [0.4, 0.5) is 11.6 Å². The maximum atomic E-state index is 5.71. The number of anilines is 2. The topological polar surface area (TPSA) is 82.2 Å². The molecule has 64 valence electrons. The molecular weight excluding hydrogens is 233 g/mol. The maximum absolute atomic E-state index is 5.71. The minimum absolute atomic E-state index is 0.303. The molecule has 2 rings (SSSR count). The Labute approximate surface area is 83.7 Å². The summed E-state index contributed by atoms with van der Waals surface area (Å²) in [5.41, 5.74) is 12.2. The molecule has 0 saturated heterocycles. The third-order valence-corrected chi connectivity index (χ3v) is 2.49. The molecule has 2 aromatic heterocycles. The van der Waals surface area contributed by atoms with Gasteiger partial charge in [0.05, 0.1) is 0 Å². The third-order valence-electron chi connectivity index (χ3n) is 1.68. The fraction of sp³-hybridized carbons (Fsp3) is 0. The normalized spacial score (nSPS) is 10.8. The van der Waals surface area contributed by atoms with E-state index in [-0.39, 0.29) is 0 Å². The van der Waals surface area contributed by atoms with E-state index in [0.29, 0.717) is 27.2 Å². The zero-order chi connectivity index (χ0) is 9.59. The monoisotopic (exact) mass is 237 g/mol. The van der Waals surface area contributed by atoms with Gasteiger partial charge in [0.1, 0.15) is 24.0 Å². The Morgan fingerprint density at radius 1 is 1.46 bits per heavy atom. The van der Waals surface area contributed by atoms with Gasteiger partial charge in [0, 0.05) is 6.20 Å². The quantitative estimate of drug-likeness (QED) is 0.603. The number of fused-ring (bicyclic) bond motifs is 1. The summed E-state index contributed by atoms with van der Waals surface area (Å²) >= 11 is 3.20. The highest BCUT2D eigenvalue weighted by atomic mass is 79.9. The molecular formula is C6H5BBrN5. The average Bonchev–Trinajstić information content (AvgIpc) is 2.45. The standard InChI is InChI=1S/C6H5BBrN5/c7-2-1-11-13-5(10)3(8)4(9)12-6(2)13/h1H,10H2,(H2,9,12). The highest BCUT2D eigenvalue weighted by Gasteiger charge is 2.10. The van der Waals surface area contributed by atoms with Gasteiger partial charge in [-0.05, 0) is 21.4 Å². The molecule has 0 saturated carbocycles. The first kappa shape index (κ1) is 8.37. The van der Waals surface area contributed by atoms with Crippen LogP contribution >= 0.6 is 15.9 Å². The predicted octanol–water partition coefficient (Wildman–Crippen LogP) is -0.550. The predicted molar refractivity (Wildman–Crippen MR) is 54.9 cm³/mol. The number of nitrogens with zero attached hydrogens (tertiary/aromatic N) is 3. The summed E-state index contributed by atoms with van der Waals surface area (Å²) in [5, 5.41) is 3.94. The molecule has 0 aromatic carbocycles. The van der Waals surface area contributed by atoms with Gasteiger partial charge in [-0.1, -0.05) is 0 Å². The third kappa shape index (κ3) is 1.07. The zero-order valence-electron chi connectivity index (χ0n) is 6.53. The molecule has 13 heavy (non-hydrogen) atoms. The molecule has 2 aromatic rings. The molecule has 0 spiro atoms. The second-order valence-corrected chi connectivity index (χ2v) is 3.32. The van der Waals surface area contributed by atoms with Crippen LogP contribution in [0.2, 0.25) is 0 Å². The molecule has 0 aliphatic carbocycles. The summed E-state index contributed by atoms with van der Waals surface area (Å²) in [7, 11) is 5.59. The summed E-state index contributed by atoms with van der Waals surface area (Å²) in [6, 6.07) is 0. The lowest BCUT2D eigenvalue weighted by Crippen LogP contribution is -2.09. The van der Waals surface area contributed by atoms with Gasteiger partial charge in [-0.25, -0.2) is 4.98 Å². The van der Waals surface area contributed by atoms with Gasteiger partial charge in [-0.3, -0.25) is 0 Å². The molecule has 0 atom stereocenters. The van der Waals surface area contributed by atoms with Crippen LogP contribution in [0.15, 0.2) is 10.7 Å². The Kier molecular flexibility index (Phi) is 1.69. The number of halogens is 1. The van der Waals surface area contributed by atoms with Crippen molar-refractivity contribution in [2.24, 2.45) is 0 Å². The van der Waals surface area contributed by atoms with Gasteiger partial charge in [-0.15, -0.1) is 0 Å². The minimum Gasteiger partial charge on any atom is -0.383 e. The van der Waals surface area contributed by atoms with Crippen molar-refractivity contribution in [1.29, 1.82) is 0 Å². The lowest BCUT2D eigenvalue weighted by Gasteiger charge is -2.04. The summed E-state index contributed by atoms with van der Waals surface area (Å²) in [5.74, 6) is 0.691. The molecule has 2 heterocycles. The van der Waals surface area contributed by atoms with Crippen molar-refractivity contribution in [3.8, 4) is 0 Å². The van der Waals surface area contributed by atoms with Gasteiger partial charge in [-0.2, -0.15) is 9.61 Å². The first-order chi connectivity index (χ1) is 6.11. The SMILES string of the molecule is [B]c1cnn2c(N)c(Br)c(N)nc12. The number of nitrogen functional groups attached to an aromatic ring is 2. The van der Waals surface area contributed by atoms with E-state index in [4.69, 9.17) is 19.3 Å². The van der Waals surface area contributed by atoms with E-state index in [1.807, 2.05) is 0 Å². The zero-order valence-corrected chi connectivity index (χ0v) is 8.12. The van der Waals surface area contributed by atoms with Gasteiger partial charge < -0.3 is 11.5 Å². The van der Waals surface area contributed by atoms with E-state index in [0.717, 1.165) is 0 Å². The molecule has 0 unspecified atom stereocenters. The molecule has 7 heteroatoms. The molecule has 0 amide bonds. The molecule has 0 bridgehead atoms. The van der Waals surface area contributed by atoms with E-state index in [1.54, 1.807) is 0 Å². The van der Waals surface area contributed by atoms with E-state index in [2.05, 4.69) is 26.0 Å². The van der Waals surface area contributed by atoms with Crippen LogP contribution in [0.1, 0.15) is 0 Å². The summed E-state index contributed by atoms with van der Waals surface area (Å²) < 4.78 is 1.96. The first-order valence-electron chi connectivity index (χ1n) is 3.45. The Hall–Kier alpha value is -1.24. The van der Waals surface area contributed by atoms with Crippen LogP contribution in [-0.2, 0) is 0 Å². The Balaban J connectivity index is 2.96. The van der Waals surface area contributed by atoms with Crippen molar-refractivity contribution in [3.05, 3.63) is 10.7 Å². The van der Waals surface area contributed by atoms with Gasteiger partial charge in [0.2, 0.25) is 0 Å². The van der Waals surface area contributed by atoms with Crippen LogP contribution in [0.5, 0.6) is 0 Å². The van der Waals surface area contributed by atoms with Crippen molar-refractivity contribution < 1.29 is 0 Å². The highest BCUT2D eigenvalue weighted by molar-refractivity contribution is 9.10. The Bertz CT molecular complexity index is 479. The number of aromatic nitrogens is 3. The lowest BCUT2D eigenvalue weighted by molar-refractivity contribution is 0.949. The minimum atomic E-state index is 0.303. The molecule has 4 N–H and O–H groups in total. The second-order valence-electron chi connectivity index (χ2n) is 2.53. The molecule has 0 aliphatic heterocycles. The summed E-state index contributed by atoms with van der Waals surface area (Å²) in [4.78, 5) is 4.02. The lowest BCUT2D eigenvalue weighted by atomic mass is 10.0. The number of hydrogen-bond donors (Lipinski definition) is 2. The van der Waals surface area contributed by atoms with E-state index in [1.165, 1.54) is 10.7 Å². The van der Waals surface area contributed by atoms with Gasteiger partial charge in [0.25, 0.3) is 0 Å². The maximum Gasteiger partial charge on any atom is 0.152 e. The number of rotatable bonds is 0. The molecule has 2 radical (unpaired) electrons. The van der Waals surface area contributed by atoms with Crippen molar-refractivity contribution in [3.63, 3.8) is 0 Å². The van der Waals surface area contributed by atoms with Crippen LogP contribution in [0.3, 0.4) is 0 Å². The van der Waals surface area contributed by atoms with Gasteiger partial charge in [0.15, 0.2) is 5.65 Å². The smallest absolute Gasteiger partial charge is 0.152 e. The van der Waals surface area contributed by atoms with E-state index in [9.17, 15) is 0 Å². The average molecular weight is 238 g/mol. The largest absolute Gasteiger partial charge is 0.383 e. The van der Waals surface area contributed by atoms with Crippen LogP contribution in [-0.4, -0.2) is 22.4 Å². The van der Waals surface area contributed by atoms with Crippen molar-refractivity contribution >= 4 is 46.5 Å². The van der Waals surface area contributed by atoms with E-state index >= 15 is 0 Å². The molecule has 5 nitrogen and oxygen atoms in total. The van der Waals surface area contributed by atoms with Crippen molar-refractivity contribution in [2.45, 2.75) is 0 Å². The fourth-order valence-corrected chi connectivity index (χ4v) is 1.29. The second kappa shape index (κ2) is 2.63. The fourth-order valence-electron chi connectivity index (χ4n) is 1.03. The molecule has 0 aliphatic rings. The van der Waals surface area contributed by atoms with Crippen LogP contribution < -0.4 is 16.9 Å². The number of hydrogen-bond acceptors (Lipinski definition) is 4. The first-order valence-corrected chi connectivity index (χ1v) is 4.24. The highest BCUT2D eigenvalue weighted by Crippen LogP contribution is 2.24. The van der Waals surface area contributed by atoms with Crippen LogP contribution in [0.25, 0.3) is 5.65 Å². The number of nitrogens with two attached hydrogens (primary N) is 2. The summed E-state index contributed by atoms with van der Waals surface area (Å²) in [6.07, 6.45) is 1.48. The summed E-state index contributed by atoms with van der Waals surface area (Å²) in [6.45, 7) is 0. The van der Waals surface area contributed by atoms with Gasteiger partial charge >= 0.3 is 0 Å². The van der Waals surface area contributed by atoms with Crippen molar-refractivity contribution in [1.82, 2.24) is 14.6 Å². The molecule has 0 fully saturated rings. The van der Waals surface area contributed by atoms with Crippen LogP contribution in [0, 0.1) is 0 Å². The van der Waals surface area contributed by atoms with E-state index < -0.39 is 0 Å². The Morgan fingerprint density at radius 3 is 2.85 bits per heavy atom. The Morgan fingerprint density at radius 2 is 2.15 bits per heavy atom.